The fourth-order valence-electron chi connectivity index (χ4n) is 3.24. The van der Waals surface area contributed by atoms with E-state index >= 15 is 0 Å². The minimum Gasteiger partial charge on any atom is -0.333 e. The number of hydrogen-bond donors (Lipinski definition) is 2. The van der Waals surface area contributed by atoms with Gasteiger partial charge in [-0.3, -0.25) is 0 Å². The van der Waals surface area contributed by atoms with E-state index in [1.807, 2.05) is 17.5 Å². The fraction of sp³-hybridized carbons (Fsp3) is 0.429. The molecular weight excluding hydrogens is 272 g/mol. The summed E-state index contributed by atoms with van der Waals surface area (Å²) in [7, 11) is 0. The number of thiophene rings is 1. The van der Waals surface area contributed by atoms with Crippen LogP contribution >= 0.6 is 11.3 Å². The summed E-state index contributed by atoms with van der Waals surface area (Å²) in [5.74, 6) is 0.580. The third kappa shape index (κ3) is 2.05. The van der Waals surface area contributed by atoms with Crippen LogP contribution < -0.4 is 10.6 Å². The maximum absolute atomic E-state index is 12.2. The molecule has 1 amide bonds. The number of nitrogens with zero attached hydrogens (tertiary/aromatic N) is 2. The Morgan fingerprint density at radius 3 is 3.15 bits per heavy atom. The van der Waals surface area contributed by atoms with Gasteiger partial charge in [-0.15, -0.1) is 11.3 Å². The van der Waals surface area contributed by atoms with Gasteiger partial charge in [-0.25, -0.2) is 4.79 Å². The van der Waals surface area contributed by atoms with Crippen molar-refractivity contribution in [2.45, 2.75) is 24.9 Å². The summed E-state index contributed by atoms with van der Waals surface area (Å²) in [6.07, 6.45) is 5.76. The van der Waals surface area contributed by atoms with E-state index in [-0.39, 0.29) is 6.03 Å². The molecule has 2 N–H and O–H groups in total. The fourth-order valence-corrected chi connectivity index (χ4v) is 3.94. The maximum atomic E-state index is 12.2. The number of carbonyl (C=O) groups excluding carboxylic acids is 1. The molecule has 1 saturated heterocycles. The van der Waals surface area contributed by atoms with E-state index in [2.05, 4.69) is 15.7 Å². The van der Waals surface area contributed by atoms with Crippen LogP contribution in [-0.2, 0) is 0 Å². The number of carbonyl (C=O) groups is 1. The van der Waals surface area contributed by atoms with Crippen molar-refractivity contribution in [3.05, 3.63) is 29.9 Å². The predicted octanol–water partition coefficient (Wildman–Crippen LogP) is 1.92. The zero-order valence-corrected chi connectivity index (χ0v) is 11.8. The van der Waals surface area contributed by atoms with Crippen LogP contribution in [-0.4, -0.2) is 34.4 Å². The van der Waals surface area contributed by atoms with E-state index in [9.17, 15) is 4.79 Å². The minimum atomic E-state index is -0.120. The summed E-state index contributed by atoms with van der Waals surface area (Å²) in [6, 6.07) is 4.80. The molecule has 2 aliphatic rings. The van der Waals surface area contributed by atoms with Crippen molar-refractivity contribution >= 4 is 17.4 Å². The van der Waals surface area contributed by atoms with Crippen molar-refractivity contribution in [2.75, 3.05) is 6.54 Å². The summed E-state index contributed by atoms with van der Waals surface area (Å²) in [5, 5.41) is 12.8. The molecule has 0 aromatic carbocycles. The summed E-state index contributed by atoms with van der Waals surface area (Å²) < 4.78 is 1.41. The van der Waals surface area contributed by atoms with Crippen LogP contribution in [0, 0.1) is 5.92 Å². The Morgan fingerprint density at radius 1 is 1.50 bits per heavy atom. The van der Waals surface area contributed by atoms with Gasteiger partial charge < -0.3 is 10.6 Å². The first-order chi connectivity index (χ1) is 9.79. The Labute approximate surface area is 121 Å². The van der Waals surface area contributed by atoms with Gasteiger partial charge in [0.15, 0.2) is 0 Å². The van der Waals surface area contributed by atoms with Crippen LogP contribution in [0.15, 0.2) is 29.9 Å². The van der Waals surface area contributed by atoms with E-state index in [0.717, 1.165) is 23.4 Å². The molecule has 3 atom stereocenters. The molecule has 2 bridgehead atoms. The monoisotopic (exact) mass is 288 g/mol. The van der Waals surface area contributed by atoms with Gasteiger partial charge in [0.1, 0.15) is 0 Å². The molecular formula is C14H16N4OS. The molecule has 6 heteroatoms. The van der Waals surface area contributed by atoms with Gasteiger partial charge in [0, 0.05) is 35.3 Å². The van der Waals surface area contributed by atoms with E-state index < -0.39 is 0 Å². The van der Waals surface area contributed by atoms with Crippen molar-refractivity contribution in [3.63, 3.8) is 0 Å². The standard InChI is InChI=1S/C14H16N4OS/c19-14(17-12-5-11-4-9(12)6-15-11)18-8-10(7-16-18)13-2-1-3-20-13/h1-3,7-9,11-12,15H,4-6H2,(H,17,19). The molecule has 5 nitrogen and oxygen atoms in total. The third-order valence-corrected chi connectivity index (χ3v) is 5.19. The smallest absolute Gasteiger partial charge is 0.333 e. The SMILES string of the molecule is O=C(NC1CC2CC1CN2)n1cc(-c2cccs2)cn1. The van der Waals surface area contributed by atoms with Crippen molar-refractivity contribution in [3.8, 4) is 10.4 Å². The molecule has 2 aromatic heterocycles. The molecule has 1 aliphatic heterocycles. The molecule has 1 aliphatic carbocycles. The molecule has 3 heterocycles. The van der Waals surface area contributed by atoms with Crippen LogP contribution in [0.1, 0.15) is 12.8 Å². The number of fused-ring (bicyclic) bond motifs is 2. The Kier molecular flexibility index (Phi) is 2.85. The Morgan fingerprint density at radius 2 is 2.45 bits per heavy atom. The molecule has 20 heavy (non-hydrogen) atoms. The average molecular weight is 288 g/mol. The van der Waals surface area contributed by atoms with Gasteiger partial charge in [0.2, 0.25) is 0 Å². The highest BCUT2D eigenvalue weighted by molar-refractivity contribution is 7.13. The Balaban J connectivity index is 1.46. The lowest BCUT2D eigenvalue weighted by atomic mass is 10.0. The molecule has 2 fully saturated rings. The quantitative estimate of drug-likeness (QED) is 0.887. The Bertz CT molecular complexity index is 621. The van der Waals surface area contributed by atoms with Crippen LogP contribution in [0.4, 0.5) is 4.79 Å². The lowest BCUT2D eigenvalue weighted by Crippen LogP contribution is -2.45. The van der Waals surface area contributed by atoms with Crippen LogP contribution in [0.3, 0.4) is 0 Å². The topological polar surface area (TPSA) is 59.0 Å². The van der Waals surface area contributed by atoms with Crippen LogP contribution in [0.5, 0.6) is 0 Å². The highest BCUT2D eigenvalue weighted by Crippen LogP contribution is 2.31. The predicted molar refractivity (Wildman–Crippen MR) is 77.8 cm³/mol. The van der Waals surface area contributed by atoms with Gasteiger partial charge in [0.05, 0.1) is 6.20 Å². The minimum absolute atomic E-state index is 0.120. The Hall–Kier alpha value is -1.66. The molecule has 3 unspecified atom stereocenters. The number of amides is 1. The molecule has 0 spiro atoms. The van der Waals surface area contributed by atoms with Crippen molar-refractivity contribution in [1.29, 1.82) is 0 Å². The second-order valence-electron chi connectivity index (χ2n) is 5.54. The number of piperidine rings is 1. The zero-order chi connectivity index (χ0) is 13.5. The average Bonchev–Trinajstić information content (AvgIpc) is 3.21. The number of nitrogens with one attached hydrogen (secondary N) is 2. The van der Waals surface area contributed by atoms with Gasteiger partial charge in [-0.05, 0) is 30.2 Å². The molecule has 104 valence electrons. The first kappa shape index (κ1) is 12.1. The molecule has 0 radical (unpaired) electrons. The van der Waals surface area contributed by atoms with Gasteiger partial charge in [-0.1, -0.05) is 6.07 Å². The van der Waals surface area contributed by atoms with E-state index in [4.69, 9.17) is 0 Å². The van der Waals surface area contributed by atoms with Gasteiger partial charge in [-0.2, -0.15) is 9.78 Å². The molecule has 4 rings (SSSR count). The highest BCUT2D eigenvalue weighted by Gasteiger charge is 2.40. The summed E-state index contributed by atoms with van der Waals surface area (Å²) in [6.45, 7) is 1.02. The third-order valence-electron chi connectivity index (χ3n) is 4.27. The normalized spacial score (nSPS) is 27.9. The second-order valence-corrected chi connectivity index (χ2v) is 6.49. The zero-order valence-electron chi connectivity index (χ0n) is 11.0. The van der Waals surface area contributed by atoms with E-state index in [1.165, 1.54) is 11.1 Å². The number of hydrogen-bond acceptors (Lipinski definition) is 4. The first-order valence-corrected chi connectivity index (χ1v) is 7.80. The van der Waals surface area contributed by atoms with Crippen LogP contribution in [0.25, 0.3) is 10.4 Å². The second kappa shape index (κ2) is 4.71. The highest BCUT2D eigenvalue weighted by atomic mass is 32.1. The van der Waals surface area contributed by atoms with E-state index in [0.29, 0.717) is 18.0 Å². The maximum Gasteiger partial charge on any atom is 0.342 e. The van der Waals surface area contributed by atoms with Gasteiger partial charge in [0.25, 0.3) is 0 Å². The largest absolute Gasteiger partial charge is 0.342 e. The van der Waals surface area contributed by atoms with Crippen molar-refractivity contribution in [2.24, 2.45) is 5.92 Å². The summed E-state index contributed by atoms with van der Waals surface area (Å²) in [4.78, 5) is 13.4. The van der Waals surface area contributed by atoms with Crippen molar-refractivity contribution < 1.29 is 4.79 Å². The number of aromatic nitrogens is 2. The lowest BCUT2D eigenvalue weighted by molar-refractivity contribution is 0.230. The lowest BCUT2D eigenvalue weighted by Gasteiger charge is -2.23. The van der Waals surface area contributed by atoms with E-state index in [1.54, 1.807) is 23.7 Å². The molecule has 2 aromatic rings. The van der Waals surface area contributed by atoms with Crippen LogP contribution in [0.2, 0.25) is 0 Å². The summed E-state index contributed by atoms with van der Waals surface area (Å²) >= 11 is 1.65. The number of rotatable bonds is 2. The summed E-state index contributed by atoms with van der Waals surface area (Å²) in [5.41, 5.74) is 0.991. The molecule has 1 saturated carbocycles. The first-order valence-electron chi connectivity index (χ1n) is 6.92. The van der Waals surface area contributed by atoms with Gasteiger partial charge >= 0.3 is 6.03 Å². The van der Waals surface area contributed by atoms with Crippen molar-refractivity contribution in [1.82, 2.24) is 20.4 Å².